The van der Waals surface area contributed by atoms with Gasteiger partial charge in [0.2, 0.25) is 5.75 Å². The second-order valence-electron chi connectivity index (χ2n) is 3.21. The first kappa shape index (κ1) is 11.1. The van der Waals surface area contributed by atoms with E-state index in [-0.39, 0.29) is 11.3 Å². The fraction of sp³-hybridized carbons (Fsp3) is 0.100. The van der Waals surface area contributed by atoms with Crippen LogP contribution in [0.3, 0.4) is 0 Å². The Labute approximate surface area is 101 Å². The number of H-pyrrole nitrogens is 2. The summed E-state index contributed by atoms with van der Waals surface area (Å²) >= 11 is 11.7. The molecule has 0 bridgehead atoms. The van der Waals surface area contributed by atoms with E-state index in [2.05, 4.69) is 10.2 Å². The van der Waals surface area contributed by atoms with Crippen molar-refractivity contribution >= 4 is 23.2 Å². The average molecular weight is 259 g/mol. The number of halogens is 2. The molecule has 0 aliphatic rings. The molecule has 0 aliphatic heterocycles. The Bertz CT molecular complexity index is 574. The molecule has 0 amide bonds. The maximum absolute atomic E-state index is 11.3. The summed E-state index contributed by atoms with van der Waals surface area (Å²) in [5, 5.41) is 5.93. The monoisotopic (exact) mass is 258 g/mol. The lowest BCUT2D eigenvalue weighted by atomic mass is 10.3. The smallest absolute Gasteiger partial charge is 0.307 e. The molecule has 0 saturated carbocycles. The predicted octanol–water partition coefficient (Wildman–Crippen LogP) is 3.11. The second kappa shape index (κ2) is 4.23. The molecule has 2 rings (SSSR count). The third-order valence-corrected chi connectivity index (χ3v) is 2.55. The van der Waals surface area contributed by atoms with E-state index in [9.17, 15) is 4.79 Å². The summed E-state index contributed by atoms with van der Waals surface area (Å²) in [6, 6.07) is 4.80. The minimum absolute atomic E-state index is 0.198. The van der Waals surface area contributed by atoms with Gasteiger partial charge in [-0.15, -0.1) is 0 Å². The molecule has 0 spiro atoms. The van der Waals surface area contributed by atoms with Crippen LogP contribution in [0.4, 0.5) is 0 Å². The van der Waals surface area contributed by atoms with E-state index in [0.717, 1.165) is 0 Å². The number of aromatic nitrogens is 2. The summed E-state index contributed by atoms with van der Waals surface area (Å²) in [5.41, 5.74) is 0.277. The van der Waals surface area contributed by atoms with Crippen LogP contribution in [0.25, 0.3) is 0 Å². The molecule has 1 heterocycles. The first-order chi connectivity index (χ1) is 7.58. The molecule has 2 N–H and O–H groups in total. The molecule has 0 atom stereocenters. The Hall–Kier alpha value is -1.39. The first-order valence-electron chi connectivity index (χ1n) is 4.48. The molecule has 0 radical (unpaired) electrons. The summed E-state index contributed by atoms with van der Waals surface area (Å²) in [4.78, 5) is 11.3. The lowest BCUT2D eigenvalue weighted by molar-refractivity contribution is 0.475. The van der Waals surface area contributed by atoms with Crippen molar-refractivity contribution in [2.75, 3.05) is 0 Å². The molecular formula is C10H8Cl2N2O2. The molecule has 6 heteroatoms. The van der Waals surface area contributed by atoms with Gasteiger partial charge in [0.15, 0.2) is 0 Å². The average Bonchev–Trinajstić information content (AvgIpc) is 2.53. The lowest BCUT2D eigenvalue weighted by Gasteiger charge is -2.05. The molecular weight excluding hydrogens is 251 g/mol. The number of benzene rings is 1. The van der Waals surface area contributed by atoms with Crippen LogP contribution in [0.2, 0.25) is 10.0 Å². The van der Waals surface area contributed by atoms with Crippen molar-refractivity contribution in [3.63, 3.8) is 0 Å². The number of ether oxygens (including phenoxy) is 1. The van der Waals surface area contributed by atoms with Gasteiger partial charge in [-0.3, -0.25) is 15.0 Å². The molecule has 84 valence electrons. The third kappa shape index (κ3) is 2.08. The van der Waals surface area contributed by atoms with Crippen LogP contribution in [0.1, 0.15) is 5.69 Å². The van der Waals surface area contributed by atoms with Crippen molar-refractivity contribution in [2.45, 2.75) is 6.92 Å². The van der Waals surface area contributed by atoms with Gasteiger partial charge >= 0.3 is 5.56 Å². The Morgan fingerprint density at radius 3 is 2.56 bits per heavy atom. The topological polar surface area (TPSA) is 57.9 Å². The van der Waals surface area contributed by atoms with E-state index >= 15 is 0 Å². The number of aromatic amines is 2. The lowest BCUT2D eigenvalue weighted by Crippen LogP contribution is -2.02. The van der Waals surface area contributed by atoms with Gasteiger partial charge in [0, 0.05) is 5.02 Å². The van der Waals surface area contributed by atoms with Crippen molar-refractivity contribution < 1.29 is 4.74 Å². The highest BCUT2D eigenvalue weighted by Gasteiger charge is 2.10. The molecule has 1 aromatic carbocycles. The molecule has 2 aromatic rings. The fourth-order valence-corrected chi connectivity index (χ4v) is 1.67. The molecule has 1 aromatic heterocycles. The zero-order chi connectivity index (χ0) is 11.7. The van der Waals surface area contributed by atoms with Crippen LogP contribution in [0.15, 0.2) is 23.0 Å². The second-order valence-corrected chi connectivity index (χ2v) is 4.05. The molecule has 0 fully saturated rings. The zero-order valence-corrected chi connectivity index (χ0v) is 9.82. The van der Waals surface area contributed by atoms with Crippen LogP contribution in [-0.4, -0.2) is 10.2 Å². The number of hydrogen-bond donors (Lipinski definition) is 2. The van der Waals surface area contributed by atoms with E-state index in [1.807, 2.05) is 0 Å². The van der Waals surface area contributed by atoms with E-state index in [1.165, 1.54) is 0 Å². The fourth-order valence-electron chi connectivity index (χ4n) is 1.23. The van der Waals surface area contributed by atoms with Gasteiger partial charge in [-0.05, 0) is 25.1 Å². The summed E-state index contributed by atoms with van der Waals surface area (Å²) in [7, 11) is 0. The maximum Gasteiger partial charge on any atom is 0.307 e. The summed E-state index contributed by atoms with van der Waals surface area (Å²) in [6.07, 6.45) is 0. The van der Waals surface area contributed by atoms with E-state index in [0.29, 0.717) is 21.5 Å². The van der Waals surface area contributed by atoms with Crippen molar-refractivity contribution in [1.82, 2.24) is 10.2 Å². The Morgan fingerprint density at radius 1 is 1.25 bits per heavy atom. The Balaban J connectivity index is 2.38. The molecule has 16 heavy (non-hydrogen) atoms. The predicted molar refractivity (Wildman–Crippen MR) is 62.7 cm³/mol. The van der Waals surface area contributed by atoms with E-state index in [1.54, 1.807) is 25.1 Å². The highest BCUT2D eigenvalue weighted by Crippen LogP contribution is 2.30. The van der Waals surface area contributed by atoms with Gasteiger partial charge in [0.25, 0.3) is 0 Å². The quantitative estimate of drug-likeness (QED) is 0.870. The van der Waals surface area contributed by atoms with E-state index in [4.69, 9.17) is 27.9 Å². The van der Waals surface area contributed by atoms with Crippen molar-refractivity contribution in [3.8, 4) is 11.5 Å². The summed E-state index contributed by atoms with van der Waals surface area (Å²) in [6.45, 7) is 1.72. The van der Waals surface area contributed by atoms with E-state index < -0.39 is 0 Å². The van der Waals surface area contributed by atoms with Crippen molar-refractivity contribution in [2.24, 2.45) is 0 Å². The zero-order valence-electron chi connectivity index (χ0n) is 8.30. The van der Waals surface area contributed by atoms with Gasteiger partial charge in [-0.1, -0.05) is 23.2 Å². The first-order valence-corrected chi connectivity index (χ1v) is 5.23. The maximum atomic E-state index is 11.3. The van der Waals surface area contributed by atoms with Crippen molar-refractivity contribution in [1.29, 1.82) is 0 Å². The Kier molecular flexibility index (Phi) is 2.94. The highest BCUT2D eigenvalue weighted by atomic mass is 35.5. The van der Waals surface area contributed by atoms with Crippen LogP contribution in [0.5, 0.6) is 11.5 Å². The number of hydrogen-bond acceptors (Lipinski definition) is 2. The largest absolute Gasteiger partial charge is 0.448 e. The minimum Gasteiger partial charge on any atom is -0.448 e. The van der Waals surface area contributed by atoms with Crippen LogP contribution in [0, 0.1) is 6.92 Å². The van der Waals surface area contributed by atoms with Gasteiger partial charge < -0.3 is 4.74 Å². The number of aryl methyl sites for hydroxylation is 1. The summed E-state index contributed by atoms with van der Waals surface area (Å²) in [5.74, 6) is 0.587. The van der Waals surface area contributed by atoms with Crippen LogP contribution < -0.4 is 10.3 Å². The molecule has 0 aliphatic carbocycles. The van der Waals surface area contributed by atoms with Gasteiger partial charge in [-0.25, -0.2) is 0 Å². The van der Waals surface area contributed by atoms with Crippen LogP contribution in [-0.2, 0) is 0 Å². The minimum atomic E-state index is -0.330. The normalized spacial score (nSPS) is 10.4. The van der Waals surface area contributed by atoms with Gasteiger partial charge in [0.05, 0.1) is 10.7 Å². The van der Waals surface area contributed by atoms with Crippen molar-refractivity contribution in [3.05, 3.63) is 44.3 Å². The molecule has 0 unspecified atom stereocenters. The Morgan fingerprint density at radius 2 is 2.00 bits per heavy atom. The third-order valence-electron chi connectivity index (χ3n) is 2.02. The molecule has 0 saturated heterocycles. The number of rotatable bonds is 2. The van der Waals surface area contributed by atoms with Crippen LogP contribution >= 0.6 is 23.2 Å². The summed E-state index contributed by atoms with van der Waals surface area (Å²) < 4.78 is 5.40. The van der Waals surface area contributed by atoms with Gasteiger partial charge in [-0.2, -0.15) is 0 Å². The SMILES string of the molecule is Cc1[nH][nH]c(=O)c1Oc1ccc(Cl)cc1Cl. The standard InChI is InChI=1S/C10H8Cl2N2O2/c1-5-9(10(15)14-13-5)16-8-3-2-6(11)4-7(8)12/h2-4H,1H3,(H2,13,14,15). The van der Waals surface area contributed by atoms with Gasteiger partial charge in [0.1, 0.15) is 5.75 Å². The molecule has 4 nitrogen and oxygen atoms in total. The number of nitrogens with one attached hydrogen (secondary N) is 2. The highest BCUT2D eigenvalue weighted by molar-refractivity contribution is 6.35.